The number of carbonyl (C=O) groups is 1. The van der Waals surface area contributed by atoms with E-state index >= 15 is 0 Å². The summed E-state index contributed by atoms with van der Waals surface area (Å²) in [4.78, 5) is 16.0. The molecule has 4 nitrogen and oxygen atoms in total. The summed E-state index contributed by atoms with van der Waals surface area (Å²) < 4.78 is 1.60. The quantitative estimate of drug-likeness (QED) is 0.828. The lowest BCUT2D eigenvalue weighted by atomic mass is 10.2. The molecule has 0 aliphatic heterocycles. The molecule has 1 aromatic heterocycles. The summed E-state index contributed by atoms with van der Waals surface area (Å²) in [5, 5.41) is 2.81. The number of nitrogens with two attached hydrogens (primary N) is 1. The van der Waals surface area contributed by atoms with Gasteiger partial charge in [-0.15, -0.1) is 0 Å². The molecule has 98 valence electrons. The van der Waals surface area contributed by atoms with Crippen LogP contribution in [0.15, 0.2) is 39.4 Å². The number of halogens is 2. The van der Waals surface area contributed by atoms with Crippen LogP contribution < -0.4 is 11.1 Å². The van der Waals surface area contributed by atoms with Gasteiger partial charge in [0.25, 0.3) is 5.91 Å². The molecule has 2 rings (SSSR count). The van der Waals surface area contributed by atoms with E-state index < -0.39 is 0 Å². The van der Waals surface area contributed by atoms with Gasteiger partial charge in [0.05, 0.1) is 11.3 Å². The highest BCUT2D eigenvalue weighted by Gasteiger charge is 2.14. The van der Waals surface area contributed by atoms with Crippen molar-refractivity contribution >= 4 is 49.3 Å². The number of carbonyl (C=O) groups excluding carboxylic acids is 1. The van der Waals surface area contributed by atoms with Crippen LogP contribution in [0.4, 0.5) is 11.5 Å². The smallest absolute Gasteiger partial charge is 0.259 e. The molecule has 19 heavy (non-hydrogen) atoms. The van der Waals surface area contributed by atoms with Crippen LogP contribution in [0, 0.1) is 6.92 Å². The van der Waals surface area contributed by atoms with Crippen molar-refractivity contribution in [1.82, 2.24) is 4.98 Å². The molecule has 0 saturated heterocycles. The highest BCUT2D eigenvalue weighted by Crippen LogP contribution is 2.32. The first-order chi connectivity index (χ1) is 8.99. The number of nitrogens with zero attached hydrogens (tertiary/aromatic N) is 1. The van der Waals surface area contributed by atoms with Gasteiger partial charge in [-0.25, -0.2) is 4.98 Å². The molecule has 0 aliphatic rings. The zero-order valence-electron chi connectivity index (χ0n) is 10.1. The average molecular weight is 385 g/mol. The Balaban J connectivity index is 2.32. The van der Waals surface area contributed by atoms with Crippen LogP contribution in [0.25, 0.3) is 0 Å². The zero-order valence-corrected chi connectivity index (χ0v) is 13.2. The number of hydrogen-bond donors (Lipinski definition) is 2. The first-order valence-electron chi connectivity index (χ1n) is 5.46. The fraction of sp³-hybridized carbons (Fsp3) is 0.0769. The van der Waals surface area contributed by atoms with Crippen LogP contribution in [-0.2, 0) is 0 Å². The second kappa shape index (κ2) is 5.71. The summed E-state index contributed by atoms with van der Waals surface area (Å²) in [7, 11) is 0. The van der Waals surface area contributed by atoms with E-state index in [9.17, 15) is 4.79 Å². The Kier molecular flexibility index (Phi) is 4.21. The minimum atomic E-state index is -0.296. The predicted octanol–water partition coefficient (Wildman–Crippen LogP) is 3.75. The van der Waals surface area contributed by atoms with Gasteiger partial charge in [-0.2, -0.15) is 0 Å². The number of nitrogens with one attached hydrogen (secondary N) is 1. The molecule has 2 aromatic rings. The number of hydrogen-bond acceptors (Lipinski definition) is 3. The molecule has 0 bridgehead atoms. The van der Waals surface area contributed by atoms with Gasteiger partial charge >= 0.3 is 0 Å². The van der Waals surface area contributed by atoms with E-state index in [1.54, 1.807) is 18.3 Å². The summed E-state index contributed by atoms with van der Waals surface area (Å²) >= 11 is 6.85. The van der Waals surface area contributed by atoms with Gasteiger partial charge in [0.2, 0.25) is 0 Å². The van der Waals surface area contributed by atoms with Crippen molar-refractivity contribution in [3.05, 3.63) is 50.5 Å². The Morgan fingerprint density at radius 3 is 2.53 bits per heavy atom. The number of benzene rings is 1. The van der Waals surface area contributed by atoms with Gasteiger partial charge in [-0.05, 0) is 68.6 Å². The van der Waals surface area contributed by atoms with Crippen LogP contribution in [0.2, 0.25) is 0 Å². The van der Waals surface area contributed by atoms with Crippen molar-refractivity contribution in [2.24, 2.45) is 0 Å². The highest BCUT2D eigenvalue weighted by atomic mass is 79.9. The van der Waals surface area contributed by atoms with Crippen molar-refractivity contribution < 1.29 is 4.79 Å². The van der Waals surface area contributed by atoms with Gasteiger partial charge in [0.15, 0.2) is 0 Å². The summed E-state index contributed by atoms with van der Waals surface area (Å²) in [5.74, 6) is -0.0878. The molecule has 1 aromatic carbocycles. The van der Waals surface area contributed by atoms with Gasteiger partial charge in [0, 0.05) is 15.1 Å². The molecule has 0 spiro atoms. The van der Waals surface area contributed by atoms with Gasteiger partial charge in [0.1, 0.15) is 5.82 Å². The summed E-state index contributed by atoms with van der Waals surface area (Å²) in [6.07, 6.45) is 1.55. The van der Waals surface area contributed by atoms with E-state index in [-0.39, 0.29) is 11.7 Å². The number of rotatable bonds is 2. The molecular weight excluding hydrogens is 374 g/mol. The highest BCUT2D eigenvalue weighted by molar-refractivity contribution is 9.11. The first kappa shape index (κ1) is 14.0. The standard InChI is InChI=1S/C13H11Br2N3O/c1-7-5-9(14)11(10(15)6-7)18-13(19)8-3-2-4-17-12(8)16/h2-6H,1H3,(H2,16,17)(H,18,19). The Labute approximate surface area is 127 Å². The second-order valence-electron chi connectivity index (χ2n) is 3.99. The van der Waals surface area contributed by atoms with Crippen LogP contribution in [0.3, 0.4) is 0 Å². The van der Waals surface area contributed by atoms with Crippen molar-refractivity contribution in [1.29, 1.82) is 0 Å². The number of amides is 1. The lowest BCUT2D eigenvalue weighted by Crippen LogP contribution is -2.15. The van der Waals surface area contributed by atoms with E-state index in [0.29, 0.717) is 11.3 Å². The summed E-state index contributed by atoms with van der Waals surface area (Å²) in [6.45, 7) is 1.97. The number of nitrogen functional groups attached to an aromatic ring is 1. The molecule has 0 fully saturated rings. The number of pyridine rings is 1. The summed E-state index contributed by atoms with van der Waals surface area (Å²) in [5.41, 5.74) is 7.78. The fourth-order valence-corrected chi connectivity index (χ4v) is 3.22. The lowest BCUT2D eigenvalue weighted by Gasteiger charge is -2.11. The molecular formula is C13H11Br2N3O. The Hall–Kier alpha value is -1.40. The molecule has 0 unspecified atom stereocenters. The monoisotopic (exact) mass is 383 g/mol. The zero-order chi connectivity index (χ0) is 14.0. The maximum Gasteiger partial charge on any atom is 0.259 e. The van der Waals surface area contributed by atoms with Crippen molar-refractivity contribution in [3.63, 3.8) is 0 Å². The minimum absolute atomic E-state index is 0.208. The topological polar surface area (TPSA) is 68.0 Å². The summed E-state index contributed by atoms with van der Waals surface area (Å²) in [6, 6.07) is 7.15. The SMILES string of the molecule is Cc1cc(Br)c(NC(=O)c2cccnc2N)c(Br)c1. The third kappa shape index (κ3) is 3.13. The van der Waals surface area contributed by atoms with E-state index in [1.807, 2.05) is 19.1 Å². The Morgan fingerprint density at radius 1 is 1.32 bits per heavy atom. The van der Waals surface area contributed by atoms with Crippen molar-refractivity contribution in [3.8, 4) is 0 Å². The van der Waals surface area contributed by atoms with Crippen molar-refractivity contribution in [2.45, 2.75) is 6.92 Å². The largest absolute Gasteiger partial charge is 0.383 e. The van der Waals surface area contributed by atoms with E-state index in [0.717, 1.165) is 14.5 Å². The molecule has 3 N–H and O–H groups in total. The molecule has 0 aliphatic carbocycles. The molecule has 0 saturated carbocycles. The van der Waals surface area contributed by atoms with Gasteiger partial charge in [-0.3, -0.25) is 4.79 Å². The van der Waals surface area contributed by atoms with E-state index in [4.69, 9.17) is 5.73 Å². The number of aromatic nitrogens is 1. The van der Waals surface area contributed by atoms with Crippen LogP contribution in [0.1, 0.15) is 15.9 Å². The first-order valence-corrected chi connectivity index (χ1v) is 7.05. The third-order valence-electron chi connectivity index (χ3n) is 2.51. The Morgan fingerprint density at radius 2 is 1.95 bits per heavy atom. The minimum Gasteiger partial charge on any atom is -0.383 e. The fourth-order valence-electron chi connectivity index (χ4n) is 1.61. The van der Waals surface area contributed by atoms with Gasteiger partial charge < -0.3 is 11.1 Å². The third-order valence-corrected chi connectivity index (χ3v) is 3.76. The van der Waals surface area contributed by atoms with Gasteiger partial charge in [-0.1, -0.05) is 0 Å². The predicted molar refractivity (Wildman–Crippen MR) is 83.2 cm³/mol. The Bertz CT molecular complexity index is 621. The maximum absolute atomic E-state index is 12.2. The average Bonchev–Trinajstić information content (AvgIpc) is 2.34. The molecule has 1 amide bonds. The second-order valence-corrected chi connectivity index (χ2v) is 5.70. The number of aryl methyl sites for hydroxylation is 1. The maximum atomic E-state index is 12.2. The van der Waals surface area contributed by atoms with E-state index in [2.05, 4.69) is 42.2 Å². The van der Waals surface area contributed by atoms with Crippen LogP contribution >= 0.6 is 31.9 Å². The molecule has 0 atom stereocenters. The van der Waals surface area contributed by atoms with Crippen LogP contribution in [-0.4, -0.2) is 10.9 Å². The number of anilines is 2. The normalized spacial score (nSPS) is 10.3. The molecule has 6 heteroatoms. The van der Waals surface area contributed by atoms with Crippen LogP contribution in [0.5, 0.6) is 0 Å². The molecule has 0 radical (unpaired) electrons. The molecule has 1 heterocycles. The lowest BCUT2D eigenvalue weighted by molar-refractivity contribution is 0.102. The van der Waals surface area contributed by atoms with Crippen molar-refractivity contribution in [2.75, 3.05) is 11.1 Å². The van der Waals surface area contributed by atoms with E-state index in [1.165, 1.54) is 0 Å².